The molecule has 0 aliphatic rings. The predicted molar refractivity (Wildman–Crippen MR) is 64.3 cm³/mol. The van der Waals surface area contributed by atoms with Crippen LogP contribution in [0.2, 0.25) is 0 Å². The normalized spacial score (nSPS) is 11.4. The van der Waals surface area contributed by atoms with E-state index >= 15 is 0 Å². The predicted octanol–water partition coefficient (Wildman–Crippen LogP) is 4.39. The van der Waals surface area contributed by atoms with Gasteiger partial charge in [0.1, 0.15) is 5.75 Å². The summed E-state index contributed by atoms with van der Waals surface area (Å²) < 4.78 is 6.48. The van der Waals surface area contributed by atoms with Crippen LogP contribution in [0, 0.1) is 0 Å². The van der Waals surface area contributed by atoms with Gasteiger partial charge in [-0.15, -0.1) is 0 Å². The molecule has 0 aromatic heterocycles. The molecule has 1 aromatic rings. The number of hydrogen-bond acceptors (Lipinski definition) is 1. The molecule has 0 amide bonds. The van der Waals surface area contributed by atoms with Crippen molar-refractivity contribution in [1.82, 2.24) is 0 Å². The largest absolute Gasteiger partial charge is 0.465 e. The lowest BCUT2D eigenvalue weighted by Gasteiger charge is -2.05. The molecule has 0 spiro atoms. The van der Waals surface area contributed by atoms with Crippen LogP contribution in [0.15, 0.2) is 41.1 Å². The molecule has 0 saturated carbocycles. The average Bonchev–Trinajstić information content (AvgIpc) is 2.18. The molecule has 74 valence electrons. The van der Waals surface area contributed by atoms with E-state index in [0.29, 0.717) is 0 Å². The highest BCUT2D eigenvalue weighted by molar-refractivity contribution is 9.10. The molecule has 14 heavy (non-hydrogen) atoms. The average molecular weight is 253 g/mol. The van der Waals surface area contributed by atoms with E-state index < -0.39 is 0 Å². The number of benzene rings is 1. The topological polar surface area (TPSA) is 9.23 Å². The van der Waals surface area contributed by atoms with Crippen LogP contribution in [0.4, 0.5) is 0 Å². The highest BCUT2D eigenvalue weighted by atomic mass is 79.9. The molecule has 1 rings (SSSR count). The molecule has 0 heterocycles. The Hall–Kier alpha value is -1.02. The van der Waals surface area contributed by atoms with Gasteiger partial charge in [0.2, 0.25) is 0 Å². The van der Waals surface area contributed by atoms with Crippen molar-refractivity contribution in [2.45, 2.75) is 13.8 Å². The van der Waals surface area contributed by atoms with Gasteiger partial charge in [0.25, 0.3) is 0 Å². The first-order valence-corrected chi connectivity index (χ1v) is 5.27. The molecule has 0 atom stereocenters. The Morgan fingerprint density at radius 1 is 1.21 bits per heavy atom. The van der Waals surface area contributed by atoms with Crippen LogP contribution in [0.3, 0.4) is 0 Å². The minimum atomic E-state index is 0.857. The van der Waals surface area contributed by atoms with Crippen LogP contribution in [0.5, 0.6) is 5.75 Å². The van der Waals surface area contributed by atoms with E-state index in [9.17, 15) is 0 Å². The minimum Gasteiger partial charge on any atom is -0.465 e. The third kappa shape index (κ3) is 3.04. The van der Waals surface area contributed by atoms with Crippen LogP contribution in [-0.2, 0) is 0 Å². The summed E-state index contributed by atoms with van der Waals surface area (Å²) in [6, 6.07) is 5.97. The van der Waals surface area contributed by atoms with Crippen LogP contribution >= 0.6 is 15.9 Å². The van der Waals surface area contributed by atoms with Gasteiger partial charge in [-0.1, -0.05) is 40.2 Å². The maximum Gasteiger partial charge on any atom is 0.134 e. The zero-order chi connectivity index (χ0) is 10.4. The van der Waals surface area contributed by atoms with Crippen molar-refractivity contribution in [3.05, 3.63) is 46.6 Å². The summed E-state index contributed by atoms with van der Waals surface area (Å²) in [4.78, 5) is 0. The quantitative estimate of drug-likeness (QED) is 0.725. The van der Waals surface area contributed by atoms with E-state index in [1.807, 2.05) is 50.3 Å². The smallest absolute Gasteiger partial charge is 0.134 e. The van der Waals surface area contributed by atoms with Crippen LogP contribution in [-0.4, -0.2) is 0 Å². The fourth-order valence-electron chi connectivity index (χ4n) is 1.07. The SMILES string of the molecule is C/C=C/Oc1cc(Br)ccc1/C=C/C. The first-order chi connectivity index (χ1) is 6.77. The van der Waals surface area contributed by atoms with E-state index in [4.69, 9.17) is 4.74 Å². The standard InChI is InChI=1S/C12H13BrO/c1-3-5-10-6-7-11(13)9-12(10)14-8-4-2/h3-9H,1-2H3/b5-3+,8-4+. The Morgan fingerprint density at radius 2 is 2.00 bits per heavy atom. The number of rotatable bonds is 3. The molecular formula is C12H13BrO. The molecular weight excluding hydrogens is 240 g/mol. The highest BCUT2D eigenvalue weighted by Gasteiger charge is 1.99. The summed E-state index contributed by atoms with van der Waals surface area (Å²) in [5.74, 6) is 0.857. The Bertz CT molecular complexity index is 353. The molecule has 2 heteroatoms. The van der Waals surface area contributed by atoms with Crippen LogP contribution < -0.4 is 4.74 Å². The van der Waals surface area contributed by atoms with E-state index in [1.165, 1.54) is 0 Å². The van der Waals surface area contributed by atoms with Crippen molar-refractivity contribution in [2.75, 3.05) is 0 Å². The minimum absolute atomic E-state index is 0.857. The molecule has 0 unspecified atom stereocenters. The van der Waals surface area contributed by atoms with Crippen molar-refractivity contribution in [3.8, 4) is 5.75 Å². The van der Waals surface area contributed by atoms with E-state index in [0.717, 1.165) is 15.8 Å². The van der Waals surface area contributed by atoms with Crippen LogP contribution in [0.25, 0.3) is 6.08 Å². The Balaban J connectivity index is 3.02. The van der Waals surface area contributed by atoms with Crippen molar-refractivity contribution in [3.63, 3.8) is 0 Å². The summed E-state index contributed by atoms with van der Waals surface area (Å²) in [5, 5.41) is 0. The first-order valence-electron chi connectivity index (χ1n) is 4.48. The number of ether oxygens (including phenoxy) is 1. The van der Waals surface area contributed by atoms with Gasteiger partial charge in [0, 0.05) is 10.0 Å². The number of hydrogen-bond donors (Lipinski definition) is 0. The van der Waals surface area contributed by atoms with E-state index in [2.05, 4.69) is 15.9 Å². The molecule has 0 fully saturated rings. The van der Waals surface area contributed by atoms with E-state index in [1.54, 1.807) is 6.26 Å². The van der Waals surface area contributed by atoms with Gasteiger partial charge in [-0.3, -0.25) is 0 Å². The van der Waals surface area contributed by atoms with Gasteiger partial charge in [-0.2, -0.15) is 0 Å². The molecule has 0 N–H and O–H groups in total. The second-order valence-electron chi connectivity index (χ2n) is 2.77. The summed E-state index contributed by atoms with van der Waals surface area (Å²) >= 11 is 3.41. The molecule has 1 nitrogen and oxygen atoms in total. The van der Waals surface area contributed by atoms with Crippen molar-refractivity contribution in [1.29, 1.82) is 0 Å². The fourth-order valence-corrected chi connectivity index (χ4v) is 1.41. The fraction of sp³-hybridized carbons (Fsp3) is 0.167. The maximum absolute atomic E-state index is 5.46. The van der Waals surface area contributed by atoms with Crippen molar-refractivity contribution < 1.29 is 4.74 Å². The zero-order valence-corrected chi connectivity index (χ0v) is 9.91. The summed E-state index contributed by atoms with van der Waals surface area (Å²) in [6.07, 6.45) is 7.55. The highest BCUT2D eigenvalue weighted by Crippen LogP contribution is 2.25. The summed E-state index contributed by atoms with van der Waals surface area (Å²) in [5.41, 5.74) is 1.08. The van der Waals surface area contributed by atoms with Gasteiger partial charge in [-0.05, 0) is 26.0 Å². The summed E-state index contributed by atoms with van der Waals surface area (Å²) in [6.45, 7) is 3.91. The third-order valence-corrected chi connectivity index (χ3v) is 2.15. The Labute approximate surface area is 93.2 Å². The lowest BCUT2D eigenvalue weighted by Crippen LogP contribution is -1.85. The number of allylic oxidation sites excluding steroid dienone is 2. The lowest BCUT2D eigenvalue weighted by molar-refractivity contribution is 0.479. The van der Waals surface area contributed by atoms with Crippen molar-refractivity contribution in [2.24, 2.45) is 0 Å². The van der Waals surface area contributed by atoms with Gasteiger partial charge in [-0.25, -0.2) is 0 Å². The van der Waals surface area contributed by atoms with Crippen molar-refractivity contribution >= 4 is 22.0 Å². The van der Waals surface area contributed by atoms with Gasteiger partial charge in [0.15, 0.2) is 0 Å². The van der Waals surface area contributed by atoms with Gasteiger partial charge >= 0.3 is 0 Å². The third-order valence-electron chi connectivity index (χ3n) is 1.65. The van der Waals surface area contributed by atoms with Crippen LogP contribution in [0.1, 0.15) is 19.4 Å². The van der Waals surface area contributed by atoms with Gasteiger partial charge in [0.05, 0.1) is 6.26 Å². The molecule has 0 radical (unpaired) electrons. The maximum atomic E-state index is 5.46. The molecule has 0 bridgehead atoms. The molecule has 1 aromatic carbocycles. The molecule has 0 aliphatic carbocycles. The zero-order valence-electron chi connectivity index (χ0n) is 8.33. The monoisotopic (exact) mass is 252 g/mol. The van der Waals surface area contributed by atoms with E-state index in [-0.39, 0.29) is 0 Å². The lowest BCUT2D eigenvalue weighted by atomic mass is 10.2. The summed E-state index contributed by atoms with van der Waals surface area (Å²) in [7, 11) is 0. The number of halogens is 1. The van der Waals surface area contributed by atoms with Gasteiger partial charge < -0.3 is 4.74 Å². The second kappa shape index (κ2) is 5.66. The Morgan fingerprint density at radius 3 is 2.64 bits per heavy atom. The second-order valence-corrected chi connectivity index (χ2v) is 3.69. The molecule has 0 aliphatic heterocycles. The Kier molecular flexibility index (Phi) is 4.47. The first kappa shape index (κ1) is 11.1. The molecule has 0 saturated heterocycles.